The van der Waals surface area contributed by atoms with Crippen LogP contribution in [0.15, 0.2) is 42.7 Å². The van der Waals surface area contributed by atoms with Crippen molar-refractivity contribution >= 4 is 29.3 Å². The third kappa shape index (κ3) is 3.44. The van der Waals surface area contributed by atoms with Gasteiger partial charge in [0, 0.05) is 31.8 Å². The van der Waals surface area contributed by atoms with E-state index in [4.69, 9.17) is 0 Å². The molecule has 132 valence electrons. The number of pyridine rings is 1. The molecular weight excluding hydrogens is 336 g/mol. The van der Waals surface area contributed by atoms with Crippen LogP contribution in [0.4, 0.5) is 5.69 Å². The maximum Gasteiger partial charge on any atom is 0.261 e. The number of hydrogen-bond donors (Lipinski definition) is 2. The molecule has 4 amide bonds. The number of anilines is 1. The molecule has 0 unspecified atom stereocenters. The molecule has 2 aromatic rings. The number of rotatable bonds is 5. The smallest absolute Gasteiger partial charge is 0.261 e. The van der Waals surface area contributed by atoms with E-state index < -0.39 is 11.8 Å². The van der Waals surface area contributed by atoms with Crippen LogP contribution in [0.2, 0.25) is 0 Å². The Hall–Kier alpha value is -3.55. The summed E-state index contributed by atoms with van der Waals surface area (Å²) >= 11 is 0. The van der Waals surface area contributed by atoms with Gasteiger partial charge in [-0.2, -0.15) is 0 Å². The van der Waals surface area contributed by atoms with Crippen molar-refractivity contribution in [2.75, 3.05) is 18.9 Å². The molecule has 0 aliphatic carbocycles. The molecule has 0 fully saturated rings. The minimum atomic E-state index is -0.435. The van der Waals surface area contributed by atoms with Gasteiger partial charge in [-0.25, -0.2) is 0 Å². The van der Waals surface area contributed by atoms with Gasteiger partial charge in [-0.05, 0) is 30.3 Å². The molecule has 3 rings (SSSR count). The summed E-state index contributed by atoms with van der Waals surface area (Å²) in [4.78, 5) is 52.7. The van der Waals surface area contributed by atoms with E-state index in [1.54, 1.807) is 18.3 Å². The molecule has 1 aromatic heterocycles. The standard InChI is InChI=1S/C18H16N4O4/c1-22-17(25)13-5-4-11(9-14(13)18(22)26)16(24)20-8-6-15(23)21-12-3-2-7-19-10-12/h2-5,7,9-10H,6,8H2,1H3,(H,20,24)(H,21,23). The Morgan fingerprint density at radius 1 is 1.12 bits per heavy atom. The number of imide groups is 1. The van der Waals surface area contributed by atoms with E-state index in [1.165, 1.54) is 31.4 Å². The van der Waals surface area contributed by atoms with E-state index in [9.17, 15) is 19.2 Å². The van der Waals surface area contributed by atoms with Crippen LogP contribution in [0.3, 0.4) is 0 Å². The summed E-state index contributed by atoms with van der Waals surface area (Å²) in [5.41, 5.74) is 1.33. The lowest BCUT2D eigenvalue weighted by Crippen LogP contribution is -2.28. The van der Waals surface area contributed by atoms with Crippen molar-refractivity contribution in [1.29, 1.82) is 0 Å². The summed E-state index contributed by atoms with van der Waals surface area (Å²) in [7, 11) is 1.39. The minimum absolute atomic E-state index is 0.0890. The maximum absolute atomic E-state index is 12.2. The summed E-state index contributed by atoms with van der Waals surface area (Å²) in [5, 5.41) is 5.28. The molecule has 0 saturated heterocycles. The fourth-order valence-electron chi connectivity index (χ4n) is 2.55. The Labute approximate surface area is 149 Å². The van der Waals surface area contributed by atoms with Crippen LogP contribution in [-0.2, 0) is 4.79 Å². The van der Waals surface area contributed by atoms with E-state index in [2.05, 4.69) is 15.6 Å². The first-order chi connectivity index (χ1) is 12.5. The van der Waals surface area contributed by atoms with Crippen molar-refractivity contribution in [3.8, 4) is 0 Å². The van der Waals surface area contributed by atoms with Gasteiger partial charge < -0.3 is 10.6 Å². The summed E-state index contributed by atoms with van der Waals surface area (Å²) in [5.74, 6) is -1.49. The average molecular weight is 352 g/mol. The van der Waals surface area contributed by atoms with Gasteiger partial charge in [0.2, 0.25) is 5.91 Å². The monoisotopic (exact) mass is 352 g/mol. The highest BCUT2D eigenvalue weighted by atomic mass is 16.2. The zero-order chi connectivity index (χ0) is 18.7. The normalized spacial score (nSPS) is 12.7. The quantitative estimate of drug-likeness (QED) is 0.783. The number of aromatic nitrogens is 1. The van der Waals surface area contributed by atoms with Crippen LogP contribution >= 0.6 is 0 Å². The second-order valence-corrected chi connectivity index (χ2v) is 5.73. The molecule has 0 atom stereocenters. The minimum Gasteiger partial charge on any atom is -0.352 e. The van der Waals surface area contributed by atoms with E-state index in [0.717, 1.165) is 4.90 Å². The number of benzene rings is 1. The van der Waals surface area contributed by atoms with Gasteiger partial charge in [-0.1, -0.05) is 0 Å². The molecule has 1 aliphatic heterocycles. The van der Waals surface area contributed by atoms with Gasteiger partial charge in [0.1, 0.15) is 0 Å². The molecule has 1 aliphatic rings. The van der Waals surface area contributed by atoms with Crippen LogP contribution in [0, 0.1) is 0 Å². The Balaban J connectivity index is 1.55. The van der Waals surface area contributed by atoms with Crippen molar-refractivity contribution in [2.24, 2.45) is 0 Å². The predicted molar refractivity (Wildman–Crippen MR) is 92.7 cm³/mol. The third-order valence-electron chi connectivity index (χ3n) is 3.93. The zero-order valence-electron chi connectivity index (χ0n) is 14.0. The van der Waals surface area contributed by atoms with Crippen LogP contribution in [0.25, 0.3) is 0 Å². The topological polar surface area (TPSA) is 108 Å². The molecule has 26 heavy (non-hydrogen) atoms. The second kappa shape index (κ2) is 7.14. The Bertz CT molecular complexity index is 895. The first kappa shape index (κ1) is 17.3. The van der Waals surface area contributed by atoms with Crippen molar-refractivity contribution in [1.82, 2.24) is 15.2 Å². The van der Waals surface area contributed by atoms with E-state index in [1.807, 2.05) is 0 Å². The molecule has 0 bridgehead atoms. The van der Waals surface area contributed by atoms with Crippen molar-refractivity contribution in [3.05, 3.63) is 59.4 Å². The fourth-order valence-corrected chi connectivity index (χ4v) is 2.55. The Kier molecular flexibility index (Phi) is 4.74. The Morgan fingerprint density at radius 3 is 2.62 bits per heavy atom. The van der Waals surface area contributed by atoms with Crippen molar-refractivity contribution in [3.63, 3.8) is 0 Å². The summed E-state index contributed by atoms with van der Waals surface area (Å²) < 4.78 is 0. The number of fused-ring (bicyclic) bond motifs is 1. The van der Waals surface area contributed by atoms with Gasteiger partial charge in [0.05, 0.1) is 23.0 Å². The van der Waals surface area contributed by atoms with Crippen LogP contribution in [0.1, 0.15) is 37.5 Å². The first-order valence-electron chi connectivity index (χ1n) is 7.92. The SMILES string of the molecule is CN1C(=O)c2ccc(C(=O)NCCC(=O)Nc3cccnc3)cc2C1=O. The third-order valence-corrected chi connectivity index (χ3v) is 3.93. The zero-order valence-corrected chi connectivity index (χ0v) is 14.0. The molecule has 2 N–H and O–H groups in total. The summed E-state index contributed by atoms with van der Waals surface area (Å²) in [6.45, 7) is 0.134. The number of nitrogens with zero attached hydrogens (tertiary/aromatic N) is 2. The maximum atomic E-state index is 12.2. The fraction of sp³-hybridized carbons (Fsp3) is 0.167. The predicted octanol–water partition coefficient (Wildman–Crippen LogP) is 1.07. The molecule has 2 heterocycles. The van der Waals surface area contributed by atoms with E-state index in [-0.39, 0.29) is 41.5 Å². The summed E-state index contributed by atoms with van der Waals surface area (Å²) in [6, 6.07) is 7.75. The molecule has 0 saturated carbocycles. The van der Waals surface area contributed by atoms with Crippen LogP contribution < -0.4 is 10.6 Å². The Morgan fingerprint density at radius 2 is 1.88 bits per heavy atom. The number of amides is 4. The van der Waals surface area contributed by atoms with Crippen molar-refractivity contribution < 1.29 is 19.2 Å². The van der Waals surface area contributed by atoms with Crippen molar-refractivity contribution in [2.45, 2.75) is 6.42 Å². The number of carbonyl (C=O) groups excluding carboxylic acids is 4. The lowest BCUT2D eigenvalue weighted by Gasteiger charge is -2.07. The number of carbonyl (C=O) groups is 4. The van der Waals surface area contributed by atoms with Gasteiger partial charge in [0.25, 0.3) is 17.7 Å². The van der Waals surface area contributed by atoms with Gasteiger partial charge in [-0.15, -0.1) is 0 Å². The highest BCUT2D eigenvalue weighted by molar-refractivity contribution is 6.21. The molecule has 0 spiro atoms. The molecule has 8 heteroatoms. The highest BCUT2D eigenvalue weighted by Crippen LogP contribution is 2.22. The summed E-state index contributed by atoms with van der Waals surface area (Å²) in [6.07, 6.45) is 3.21. The highest BCUT2D eigenvalue weighted by Gasteiger charge is 2.33. The number of hydrogen-bond acceptors (Lipinski definition) is 5. The van der Waals surface area contributed by atoms with E-state index >= 15 is 0 Å². The lowest BCUT2D eigenvalue weighted by atomic mass is 10.1. The molecule has 8 nitrogen and oxygen atoms in total. The van der Waals surface area contributed by atoms with Gasteiger partial charge in [-0.3, -0.25) is 29.1 Å². The second-order valence-electron chi connectivity index (χ2n) is 5.73. The lowest BCUT2D eigenvalue weighted by molar-refractivity contribution is -0.116. The van der Waals surface area contributed by atoms with Crippen LogP contribution in [0.5, 0.6) is 0 Å². The van der Waals surface area contributed by atoms with E-state index in [0.29, 0.717) is 5.69 Å². The van der Waals surface area contributed by atoms with Gasteiger partial charge in [0.15, 0.2) is 0 Å². The van der Waals surface area contributed by atoms with Crippen LogP contribution in [-0.4, -0.2) is 47.1 Å². The molecular formula is C18H16N4O4. The molecule has 1 aromatic carbocycles. The molecule has 0 radical (unpaired) electrons. The average Bonchev–Trinajstić information content (AvgIpc) is 2.86. The van der Waals surface area contributed by atoms with Gasteiger partial charge >= 0.3 is 0 Å². The largest absolute Gasteiger partial charge is 0.352 e. The first-order valence-corrected chi connectivity index (χ1v) is 7.92. The number of nitrogens with one attached hydrogen (secondary N) is 2.